The van der Waals surface area contributed by atoms with E-state index < -0.39 is 17.3 Å². The Balaban J connectivity index is 2.42. The van der Waals surface area contributed by atoms with Gasteiger partial charge in [-0.05, 0) is 19.1 Å². The van der Waals surface area contributed by atoms with Crippen LogP contribution in [0.15, 0.2) is 18.2 Å². The number of carbonyl (C=O) groups is 1. The highest BCUT2D eigenvalue weighted by Crippen LogP contribution is 2.34. The number of hydrogen-bond donors (Lipinski definition) is 2. The van der Waals surface area contributed by atoms with Crippen molar-refractivity contribution in [2.75, 3.05) is 11.9 Å². The van der Waals surface area contributed by atoms with Gasteiger partial charge in [-0.3, -0.25) is 0 Å². The molecule has 1 aromatic rings. The zero-order valence-corrected chi connectivity index (χ0v) is 8.08. The summed E-state index contributed by atoms with van der Waals surface area (Å²) >= 11 is 0. The zero-order valence-electron chi connectivity index (χ0n) is 8.08. The summed E-state index contributed by atoms with van der Waals surface area (Å²) in [6.07, 6.45) is 0. The molecule has 2 rings (SSSR count). The molecule has 1 aliphatic heterocycles. The average Bonchev–Trinajstić information content (AvgIpc) is 2.19. The Hall–Kier alpha value is -1.78. The highest BCUT2D eigenvalue weighted by molar-refractivity contribution is 5.84. The van der Waals surface area contributed by atoms with Crippen molar-refractivity contribution in [3.8, 4) is 5.75 Å². The third-order valence-corrected chi connectivity index (χ3v) is 2.36. The Morgan fingerprint density at radius 3 is 3.07 bits per heavy atom. The van der Waals surface area contributed by atoms with Gasteiger partial charge in [-0.1, -0.05) is 6.07 Å². The van der Waals surface area contributed by atoms with Crippen LogP contribution in [0.1, 0.15) is 6.92 Å². The number of hydrogen-bond acceptors (Lipinski definition) is 3. The minimum Gasteiger partial charge on any atom is -0.488 e. The van der Waals surface area contributed by atoms with Crippen LogP contribution in [0.3, 0.4) is 0 Å². The minimum absolute atomic E-state index is 0.0290. The number of halogens is 1. The molecule has 0 bridgehead atoms. The Bertz CT molecular complexity index is 421. The lowest BCUT2D eigenvalue weighted by Gasteiger charge is -2.33. The van der Waals surface area contributed by atoms with Crippen LogP contribution in [-0.2, 0) is 4.79 Å². The number of ether oxygens (including phenoxy) is 1. The molecule has 0 aromatic heterocycles. The van der Waals surface area contributed by atoms with Gasteiger partial charge < -0.3 is 15.2 Å². The average molecular weight is 211 g/mol. The lowest BCUT2D eigenvalue weighted by molar-refractivity contribution is -0.143. The van der Waals surface area contributed by atoms with Crippen molar-refractivity contribution < 1.29 is 19.0 Å². The van der Waals surface area contributed by atoms with Crippen LogP contribution in [0.25, 0.3) is 0 Å². The fraction of sp³-hybridized carbons (Fsp3) is 0.300. The predicted octanol–water partition coefficient (Wildman–Crippen LogP) is 1.47. The molecule has 2 N–H and O–H groups in total. The van der Waals surface area contributed by atoms with Gasteiger partial charge in [0, 0.05) is 0 Å². The largest absolute Gasteiger partial charge is 0.488 e. The normalized spacial score (nSPS) is 23.6. The number of anilines is 1. The fourth-order valence-corrected chi connectivity index (χ4v) is 1.40. The van der Waals surface area contributed by atoms with E-state index in [2.05, 4.69) is 5.32 Å². The van der Waals surface area contributed by atoms with Crippen LogP contribution in [0.2, 0.25) is 0 Å². The SMILES string of the molecule is CC1(C(=O)O)COc2cccc(F)c2N1. The number of fused-ring (bicyclic) bond motifs is 1. The third kappa shape index (κ3) is 1.49. The number of carboxylic acid groups (broad SMARTS) is 1. The molecule has 80 valence electrons. The first-order chi connectivity index (χ1) is 7.03. The van der Waals surface area contributed by atoms with Crippen LogP contribution in [0, 0.1) is 5.82 Å². The van der Waals surface area contributed by atoms with E-state index in [4.69, 9.17) is 9.84 Å². The van der Waals surface area contributed by atoms with Crippen molar-refractivity contribution in [3.05, 3.63) is 24.0 Å². The number of nitrogens with one attached hydrogen (secondary N) is 1. The summed E-state index contributed by atoms with van der Waals surface area (Å²) in [6, 6.07) is 4.36. The first kappa shape index (κ1) is 9.76. The molecule has 0 saturated carbocycles. The summed E-state index contributed by atoms with van der Waals surface area (Å²) in [4.78, 5) is 10.9. The molecule has 15 heavy (non-hydrogen) atoms. The zero-order chi connectivity index (χ0) is 11.1. The van der Waals surface area contributed by atoms with Crippen molar-refractivity contribution in [2.24, 2.45) is 0 Å². The Morgan fingerprint density at radius 1 is 1.67 bits per heavy atom. The lowest BCUT2D eigenvalue weighted by atomic mass is 10.0. The number of rotatable bonds is 1. The molecule has 0 aliphatic carbocycles. The minimum atomic E-state index is -1.28. The van der Waals surface area contributed by atoms with E-state index in [9.17, 15) is 9.18 Å². The maximum atomic E-state index is 13.3. The van der Waals surface area contributed by atoms with Gasteiger partial charge in [0.05, 0.1) is 0 Å². The molecule has 5 heteroatoms. The second-order valence-corrected chi connectivity index (χ2v) is 3.66. The predicted molar refractivity (Wildman–Crippen MR) is 51.6 cm³/mol. The van der Waals surface area contributed by atoms with Gasteiger partial charge >= 0.3 is 5.97 Å². The molecule has 1 aliphatic rings. The van der Waals surface area contributed by atoms with Crippen molar-refractivity contribution >= 4 is 11.7 Å². The first-order valence-electron chi connectivity index (χ1n) is 4.46. The third-order valence-electron chi connectivity index (χ3n) is 2.36. The van der Waals surface area contributed by atoms with Crippen LogP contribution in [0.4, 0.5) is 10.1 Å². The molecule has 1 atom stereocenters. The molecule has 0 radical (unpaired) electrons. The molecule has 0 saturated heterocycles. The second-order valence-electron chi connectivity index (χ2n) is 3.66. The quantitative estimate of drug-likeness (QED) is 0.738. The van der Waals surface area contributed by atoms with Crippen LogP contribution in [-0.4, -0.2) is 23.2 Å². The van der Waals surface area contributed by atoms with Gasteiger partial charge in [-0.15, -0.1) is 0 Å². The van der Waals surface area contributed by atoms with Gasteiger partial charge in [0.25, 0.3) is 0 Å². The maximum Gasteiger partial charge on any atom is 0.332 e. The molecule has 1 aromatic carbocycles. The highest BCUT2D eigenvalue weighted by Gasteiger charge is 2.39. The molecule has 1 heterocycles. The molecule has 0 amide bonds. The first-order valence-corrected chi connectivity index (χ1v) is 4.46. The van der Waals surface area contributed by atoms with E-state index >= 15 is 0 Å². The fourth-order valence-electron chi connectivity index (χ4n) is 1.40. The molecular weight excluding hydrogens is 201 g/mol. The Kier molecular flexibility index (Phi) is 2.03. The van der Waals surface area contributed by atoms with Crippen molar-refractivity contribution in [3.63, 3.8) is 0 Å². The van der Waals surface area contributed by atoms with E-state index in [1.807, 2.05) is 0 Å². The lowest BCUT2D eigenvalue weighted by Crippen LogP contribution is -2.51. The molecule has 4 nitrogen and oxygen atoms in total. The van der Waals surface area contributed by atoms with Gasteiger partial charge in [-0.25, -0.2) is 9.18 Å². The Labute approximate surface area is 85.7 Å². The maximum absolute atomic E-state index is 13.3. The van der Waals surface area contributed by atoms with Crippen molar-refractivity contribution in [1.82, 2.24) is 0 Å². The second kappa shape index (κ2) is 3.12. The number of benzene rings is 1. The van der Waals surface area contributed by atoms with Crippen molar-refractivity contribution in [1.29, 1.82) is 0 Å². The van der Waals surface area contributed by atoms with Gasteiger partial charge in [-0.2, -0.15) is 0 Å². The molecule has 0 fully saturated rings. The van der Waals surface area contributed by atoms with Gasteiger partial charge in [0.1, 0.15) is 23.9 Å². The van der Waals surface area contributed by atoms with Crippen LogP contribution < -0.4 is 10.1 Å². The summed E-state index contributed by atoms with van der Waals surface area (Å²) in [7, 11) is 0. The standard InChI is InChI=1S/C10H10FNO3/c1-10(9(13)14)5-15-7-4-2-3-6(11)8(7)12-10/h2-4,12H,5H2,1H3,(H,13,14). The monoisotopic (exact) mass is 211 g/mol. The van der Waals surface area contributed by atoms with Gasteiger partial charge in [0.15, 0.2) is 5.54 Å². The molecular formula is C10H10FNO3. The summed E-state index contributed by atoms with van der Waals surface area (Å²) < 4.78 is 18.5. The van der Waals surface area contributed by atoms with Crippen LogP contribution in [0.5, 0.6) is 5.75 Å². The van der Waals surface area contributed by atoms with Crippen LogP contribution >= 0.6 is 0 Å². The van der Waals surface area contributed by atoms with E-state index in [-0.39, 0.29) is 12.3 Å². The van der Waals surface area contributed by atoms with Crippen molar-refractivity contribution in [2.45, 2.75) is 12.5 Å². The smallest absolute Gasteiger partial charge is 0.332 e. The molecule has 1 unspecified atom stereocenters. The van der Waals surface area contributed by atoms with E-state index in [1.54, 1.807) is 6.07 Å². The van der Waals surface area contributed by atoms with Gasteiger partial charge in [0.2, 0.25) is 0 Å². The van der Waals surface area contributed by atoms with E-state index in [0.717, 1.165) is 0 Å². The summed E-state index contributed by atoms with van der Waals surface area (Å²) in [6.45, 7) is 1.42. The number of aliphatic carboxylic acids is 1. The summed E-state index contributed by atoms with van der Waals surface area (Å²) in [5.41, 5.74) is -1.18. The topological polar surface area (TPSA) is 58.6 Å². The number of para-hydroxylation sites is 1. The van der Waals surface area contributed by atoms with E-state index in [0.29, 0.717) is 5.75 Å². The summed E-state index contributed by atoms with van der Waals surface area (Å²) in [5, 5.41) is 11.6. The number of carboxylic acids is 1. The molecule has 0 spiro atoms. The Morgan fingerprint density at radius 2 is 2.40 bits per heavy atom. The summed E-state index contributed by atoms with van der Waals surface area (Å²) in [5.74, 6) is -1.25. The highest BCUT2D eigenvalue weighted by atomic mass is 19.1. The van der Waals surface area contributed by atoms with E-state index in [1.165, 1.54) is 19.1 Å².